The van der Waals surface area contributed by atoms with Gasteiger partial charge in [0.1, 0.15) is 11.2 Å². The predicted octanol–water partition coefficient (Wildman–Crippen LogP) is 2.41. The highest BCUT2D eigenvalue weighted by Crippen LogP contribution is 2.41. The molecule has 2 atom stereocenters. The maximum atomic E-state index is 13.2. The molecule has 25 heavy (non-hydrogen) atoms. The summed E-state index contributed by atoms with van der Waals surface area (Å²) in [5.41, 5.74) is 1.42. The van der Waals surface area contributed by atoms with Crippen molar-refractivity contribution in [3.8, 4) is 0 Å². The molecule has 7 heteroatoms. The average Bonchev–Trinajstić information content (AvgIpc) is 3.03. The van der Waals surface area contributed by atoms with Crippen LogP contribution in [0.5, 0.6) is 0 Å². The van der Waals surface area contributed by atoms with Crippen LogP contribution in [0.15, 0.2) is 48.5 Å². The van der Waals surface area contributed by atoms with Crippen molar-refractivity contribution in [2.75, 3.05) is 5.75 Å². The number of carboxylic acid groups (broad SMARTS) is 1. The molecule has 1 aliphatic rings. The van der Waals surface area contributed by atoms with Gasteiger partial charge in [0.15, 0.2) is 0 Å². The molecule has 1 amide bonds. The van der Waals surface area contributed by atoms with Crippen molar-refractivity contribution in [1.82, 2.24) is 4.90 Å². The van der Waals surface area contributed by atoms with Gasteiger partial charge < -0.3 is 14.8 Å². The van der Waals surface area contributed by atoms with E-state index in [0.717, 1.165) is 5.56 Å². The topological polar surface area (TPSA) is 60.4 Å². The van der Waals surface area contributed by atoms with Gasteiger partial charge in [-0.2, -0.15) is 0 Å². The number of hydrogen-bond donors (Lipinski definition) is 0. The fourth-order valence-corrected chi connectivity index (χ4v) is 4.31. The number of hydrogen-bond acceptors (Lipinski definition) is 4. The van der Waals surface area contributed by atoms with Gasteiger partial charge in [-0.15, -0.1) is 11.8 Å². The highest BCUT2D eigenvalue weighted by molar-refractivity contribution is 7.99. The smallest absolute Gasteiger partial charge is 0.228 e. The quantitative estimate of drug-likeness (QED) is 0.819. The van der Waals surface area contributed by atoms with Gasteiger partial charge in [0.05, 0.1) is 18.4 Å². The Hall–Kier alpha value is -2.05. The molecule has 0 spiro atoms. The molecule has 130 valence electrons. The van der Waals surface area contributed by atoms with Crippen LogP contribution in [-0.2, 0) is 16.0 Å². The summed E-state index contributed by atoms with van der Waals surface area (Å²) in [5.74, 6) is -1.77. The molecular formula is C18H14ClFNO3S-. The molecule has 3 rings (SSSR count). The second kappa shape index (κ2) is 7.45. The molecule has 1 saturated heterocycles. The summed E-state index contributed by atoms with van der Waals surface area (Å²) in [5, 5.41) is 11.5. The van der Waals surface area contributed by atoms with Crippen LogP contribution >= 0.6 is 23.4 Å². The van der Waals surface area contributed by atoms with Crippen molar-refractivity contribution < 1.29 is 19.1 Å². The van der Waals surface area contributed by atoms with Crippen LogP contribution in [0.3, 0.4) is 0 Å². The summed E-state index contributed by atoms with van der Waals surface area (Å²) in [6.45, 7) is 0. The maximum absolute atomic E-state index is 13.2. The Morgan fingerprint density at radius 2 is 1.80 bits per heavy atom. The summed E-state index contributed by atoms with van der Waals surface area (Å²) < 4.78 is 13.2. The van der Waals surface area contributed by atoms with Crippen molar-refractivity contribution in [1.29, 1.82) is 0 Å². The standard InChI is InChI=1S/C18H15ClFNO3S/c19-13-5-1-11(2-6-13)9-16(22)21-15(18(23)24)10-25-17(21)12-3-7-14(20)8-4-12/h1-8,15,17H,9-10H2,(H,23,24)/p-1/t15-,17+/m0/s1. The summed E-state index contributed by atoms with van der Waals surface area (Å²) in [7, 11) is 0. The van der Waals surface area contributed by atoms with Gasteiger partial charge >= 0.3 is 0 Å². The minimum atomic E-state index is -1.29. The molecular weight excluding hydrogens is 365 g/mol. The predicted molar refractivity (Wildman–Crippen MR) is 92.4 cm³/mol. The maximum Gasteiger partial charge on any atom is 0.228 e. The van der Waals surface area contributed by atoms with E-state index in [4.69, 9.17) is 11.6 Å². The van der Waals surface area contributed by atoms with E-state index in [1.165, 1.54) is 28.8 Å². The second-order valence-electron chi connectivity index (χ2n) is 5.68. The number of thioether (sulfide) groups is 1. The minimum Gasteiger partial charge on any atom is -0.548 e. The van der Waals surface area contributed by atoms with E-state index in [1.807, 2.05) is 0 Å². The molecule has 0 radical (unpaired) electrons. The fraction of sp³-hybridized carbons (Fsp3) is 0.222. The second-order valence-corrected chi connectivity index (χ2v) is 7.23. The Kier molecular flexibility index (Phi) is 5.30. The van der Waals surface area contributed by atoms with Crippen molar-refractivity contribution >= 4 is 35.2 Å². The lowest BCUT2D eigenvalue weighted by atomic mass is 10.1. The van der Waals surface area contributed by atoms with Gasteiger partial charge in [-0.25, -0.2) is 4.39 Å². The number of carbonyl (C=O) groups excluding carboxylic acids is 2. The summed E-state index contributed by atoms with van der Waals surface area (Å²) in [6.07, 6.45) is 0.0548. The zero-order chi connectivity index (χ0) is 18.0. The van der Waals surface area contributed by atoms with Crippen molar-refractivity contribution in [2.45, 2.75) is 17.8 Å². The molecule has 0 saturated carbocycles. The van der Waals surface area contributed by atoms with Gasteiger partial charge in [-0.05, 0) is 35.4 Å². The molecule has 2 aromatic carbocycles. The Bertz CT molecular complexity index is 782. The van der Waals surface area contributed by atoms with E-state index in [9.17, 15) is 19.1 Å². The highest BCUT2D eigenvalue weighted by Gasteiger charge is 2.38. The molecule has 0 unspecified atom stereocenters. The minimum absolute atomic E-state index is 0.0548. The number of benzene rings is 2. The molecule has 0 bridgehead atoms. The molecule has 4 nitrogen and oxygen atoms in total. The van der Waals surface area contributed by atoms with Crippen LogP contribution in [0.4, 0.5) is 4.39 Å². The Morgan fingerprint density at radius 3 is 2.40 bits per heavy atom. The summed E-state index contributed by atoms with van der Waals surface area (Å²) in [6, 6.07) is 11.5. The van der Waals surface area contributed by atoms with E-state index < -0.39 is 17.4 Å². The van der Waals surface area contributed by atoms with Crippen LogP contribution in [0.1, 0.15) is 16.5 Å². The third-order valence-corrected chi connectivity index (χ3v) is 5.56. The monoisotopic (exact) mass is 378 g/mol. The van der Waals surface area contributed by atoms with E-state index in [-0.39, 0.29) is 23.9 Å². The number of carbonyl (C=O) groups is 2. The normalized spacial score (nSPS) is 19.8. The molecule has 1 heterocycles. The van der Waals surface area contributed by atoms with Gasteiger partial charge in [0.2, 0.25) is 5.91 Å². The van der Waals surface area contributed by atoms with Gasteiger partial charge in [-0.1, -0.05) is 35.9 Å². The van der Waals surface area contributed by atoms with E-state index in [0.29, 0.717) is 10.6 Å². The first-order valence-corrected chi connectivity index (χ1v) is 9.02. The third kappa shape index (κ3) is 3.96. The number of rotatable bonds is 4. The zero-order valence-electron chi connectivity index (χ0n) is 13.0. The molecule has 1 aliphatic heterocycles. The molecule has 1 fully saturated rings. The largest absolute Gasteiger partial charge is 0.548 e. The van der Waals surface area contributed by atoms with Crippen molar-refractivity contribution in [2.24, 2.45) is 0 Å². The molecule has 0 N–H and O–H groups in total. The number of halogens is 2. The molecule has 2 aromatic rings. The van der Waals surface area contributed by atoms with Gasteiger partial charge in [-0.3, -0.25) is 4.79 Å². The lowest BCUT2D eigenvalue weighted by Crippen LogP contribution is -2.49. The van der Waals surface area contributed by atoms with Crippen molar-refractivity contribution in [3.05, 3.63) is 70.5 Å². The Labute approximate surface area is 153 Å². The molecule has 0 aromatic heterocycles. The van der Waals surface area contributed by atoms with E-state index in [2.05, 4.69) is 0 Å². The Morgan fingerprint density at radius 1 is 1.16 bits per heavy atom. The number of carboxylic acids is 1. The van der Waals surface area contributed by atoms with Crippen LogP contribution < -0.4 is 5.11 Å². The number of aliphatic carboxylic acids is 1. The van der Waals surface area contributed by atoms with E-state index >= 15 is 0 Å². The summed E-state index contributed by atoms with van der Waals surface area (Å²) >= 11 is 7.17. The first kappa shape index (κ1) is 17.8. The fourth-order valence-electron chi connectivity index (χ4n) is 2.74. The first-order chi connectivity index (χ1) is 12.0. The van der Waals surface area contributed by atoms with Crippen molar-refractivity contribution in [3.63, 3.8) is 0 Å². The SMILES string of the molecule is O=C([O-])[C@@H]1CS[C@H](c2ccc(F)cc2)N1C(=O)Cc1ccc(Cl)cc1. The lowest BCUT2D eigenvalue weighted by molar-refractivity contribution is -0.310. The lowest BCUT2D eigenvalue weighted by Gasteiger charge is -2.30. The van der Waals surface area contributed by atoms with Crippen LogP contribution in [-0.4, -0.2) is 28.6 Å². The van der Waals surface area contributed by atoms with Gasteiger partial charge in [0.25, 0.3) is 0 Å². The third-order valence-electron chi connectivity index (χ3n) is 3.98. The van der Waals surface area contributed by atoms with Crippen LogP contribution in [0.2, 0.25) is 5.02 Å². The first-order valence-electron chi connectivity index (χ1n) is 7.59. The van der Waals surface area contributed by atoms with Gasteiger partial charge in [0, 0.05) is 10.8 Å². The summed E-state index contributed by atoms with van der Waals surface area (Å²) in [4.78, 5) is 25.5. The zero-order valence-corrected chi connectivity index (χ0v) is 14.6. The molecule has 0 aliphatic carbocycles. The highest BCUT2D eigenvalue weighted by atomic mass is 35.5. The number of nitrogens with zero attached hydrogens (tertiary/aromatic N) is 1. The number of amides is 1. The van der Waals surface area contributed by atoms with Crippen LogP contribution in [0, 0.1) is 5.82 Å². The average molecular weight is 379 g/mol. The Balaban J connectivity index is 1.86. The van der Waals surface area contributed by atoms with Crippen LogP contribution in [0.25, 0.3) is 0 Å². The van der Waals surface area contributed by atoms with E-state index in [1.54, 1.807) is 36.4 Å².